The van der Waals surface area contributed by atoms with Gasteiger partial charge in [0, 0.05) is 31.6 Å². The quantitative estimate of drug-likeness (QED) is 0.844. The molecule has 2 heterocycles. The Morgan fingerprint density at radius 1 is 1.42 bits per heavy atom. The van der Waals surface area contributed by atoms with Crippen molar-refractivity contribution in [2.75, 3.05) is 53.6 Å². The maximum atomic E-state index is 12.9. The summed E-state index contributed by atoms with van der Waals surface area (Å²) in [4.78, 5) is 17.2. The number of nitrogens with zero attached hydrogens (tertiary/aromatic N) is 2. The molecule has 0 bridgehead atoms. The number of carbonyl (C=O) groups is 1. The van der Waals surface area contributed by atoms with E-state index in [1.807, 2.05) is 29.2 Å². The van der Waals surface area contributed by atoms with Gasteiger partial charge in [-0.3, -0.25) is 4.79 Å². The minimum atomic E-state index is 0.0648. The first-order valence-electron chi connectivity index (χ1n) is 8.69. The van der Waals surface area contributed by atoms with E-state index in [0.717, 1.165) is 37.6 Å². The fourth-order valence-electron chi connectivity index (χ4n) is 4.05. The molecule has 0 aliphatic carbocycles. The molecule has 2 aliphatic rings. The zero-order chi connectivity index (χ0) is 17.2. The lowest BCUT2D eigenvalue weighted by Crippen LogP contribution is -2.46. The molecular formula is C19H28N2O3. The molecule has 0 N–H and O–H groups in total. The molecule has 1 amide bonds. The van der Waals surface area contributed by atoms with Gasteiger partial charge in [-0.05, 0) is 30.7 Å². The van der Waals surface area contributed by atoms with Gasteiger partial charge in [0.15, 0.2) is 0 Å². The Bertz CT molecular complexity index is 592. The van der Waals surface area contributed by atoms with Crippen LogP contribution >= 0.6 is 0 Å². The SMILES string of the molecule is COc1cccc(CC(=O)N2CCOC[C@]3(CN(C)C[C@H]3C)C2)c1. The van der Waals surface area contributed by atoms with Gasteiger partial charge < -0.3 is 19.3 Å². The Hall–Kier alpha value is -1.59. The Morgan fingerprint density at radius 2 is 2.25 bits per heavy atom. The number of ether oxygens (including phenoxy) is 2. The predicted molar refractivity (Wildman–Crippen MR) is 93.2 cm³/mol. The second-order valence-electron chi connectivity index (χ2n) is 7.36. The van der Waals surface area contributed by atoms with Crippen LogP contribution in [0.1, 0.15) is 12.5 Å². The number of benzene rings is 1. The molecule has 3 rings (SSSR count). The molecule has 5 nitrogen and oxygen atoms in total. The summed E-state index contributed by atoms with van der Waals surface area (Å²) < 4.78 is 11.1. The number of hydrogen-bond donors (Lipinski definition) is 0. The summed E-state index contributed by atoms with van der Waals surface area (Å²) >= 11 is 0. The molecule has 1 aromatic carbocycles. The highest BCUT2D eigenvalue weighted by Crippen LogP contribution is 2.37. The molecule has 0 radical (unpaired) electrons. The Balaban J connectivity index is 1.71. The van der Waals surface area contributed by atoms with Gasteiger partial charge >= 0.3 is 0 Å². The molecule has 2 saturated heterocycles. The van der Waals surface area contributed by atoms with Crippen LogP contribution in [0.5, 0.6) is 5.75 Å². The largest absolute Gasteiger partial charge is 0.497 e. The average Bonchev–Trinajstić information content (AvgIpc) is 2.73. The Morgan fingerprint density at radius 3 is 2.96 bits per heavy atom. The first-order valence-corrected chi connectivity index (χ1v) is 8.69. The van der Waals surface area contributed by atoms with E-state index in [1.165, 1.54) is 0 Å². The predicted octanol–water partition coefficient (Wildman–Crippen LogP) is 1.66. The van der Waals surface area contributed by atoms with Crippen molar-refractivity contribution in [2.24, 2.45) is 11.3 Å². The minimum absolute atomic E-state index is 0.0648. The van der Waals surface area contributed by atoms with Gasteiger partial charge in [0.25, 0.3) is 0 Å². The van der Waals surface area contributed by atoms with Gasteiger partial charge in [-0.2, -0.15) is 0 Å². The first-order chi connectivity index (χ1) is 11.5. The molecule has 132 valence electrons. The summed E-state index contributed by atoms with van der Waals surface area (Å²) in [5.41, 5.74) is 1.06. The van der Waals surface area contributed by atoms with Crippen molar-refractivity contribution in [2.45, 2.75) is 13.3 Å². The molecule has 5 heteroatoms. The molecule has 2 fully saturated rings. The van der Waals surface area contributed by atoms with Gasteiger partial charge in [-0.25, -0.2) is 0 Å². The van der Waals surface area contributed by atoms with Crippen molar-refractivity contribution in [1.82, 2.24) is 9.80 Å². The average molecular weight is 332 g/mol. The summed E-state index contributed by atoms with van der Waals surface area (Å²) in [5, 5.41) is 0. The van der Waals surface area contributed by atoms with Crippen LogP contribution in [0, 0.1) is 11.3 Å². The molecule has 1 spiro atoms. The van der Waals surface area contributed by atoms with E-state index in [9.17, 15) is 4.79 Å². The van der Waals surface area contributed by atoms with Crippen LogP contribution < -0.4 is 4.74 Å². The topological polar surface area (TPSA) is 42.0 Å². The second-order valence-corrected chi connectivity index (χ2v) is 7.36. The highest BCUT2D eigenvalue weighted by atomic mass is 16.5. The highest BCUT2D eigenvalue weighted by Gasteiger charge is 2.46. The first kappa shape index (κ1) is 17.2. The van der Waals surface area contributed by atoms with Crippen LogP contribution in [0.25, 0.3) is 0 Å². The van der Waals surface area contributed by atoms with E-state index >= 15 is 0 Å². The summed E-state index contributed by atoms with van der Waals surface area (Å²) in [7, 11) is 3.80. The van der Waals surface area contributed by atoms with Crippen LogP contribution in [0.3, 0.4) is 0 Å². The molecule has 1 aromatic rings. The van der Waals surface area contributed by atoms with E-state index in [-0.39, 0.29) is 11.3 Å². The van der Waals surface area contributed by atoms with Gasteiger partial charge in [-0.15, -0.1) is 0 Å². The monoisotopic (exact) mass is 332 g/mol. The van der Waals surface area contributed by atoms with Crippen molar-refractivity contribution in [3.05, 3.63) is 29.8 Å². The molecule has 24 heavy (non-hydrogen) atoms. The smallest absolute Gasteiger partial charge is 0.227 e. The summed E-state index contributed by atoms with van der Waals surface area (Å²) in [5.74, 6) is 1.50. The zero-order valence-electron chi connectivity index (χ0n) is 15.0. The van der Waals surface area contributed by atoms with Crippen LogP contribution in [-0.2, 0) is 16.0 Å². The van der Waals surface area contributed by atoms with Crippen LogP contribution in [0.15, 0.2) is 24.3 Å². The van der Waals surface area contributed by atoms with Crippen molar-refractivity contribution in [1.29, 1.82) is 0 Å². The van der Waals surface area contributed by atoms with Crippen molar-refractivity contribution in [3.63, 3.8) is 0 Å². The van der Waals surface area contributed by atoms with Crippen molar-refractivity contribution in [3.8, 4) is 5.75 Å². The number of methoxy groups -OCH3 is 1. The standard InChI is InChI=1S/C19H28N2O3/c1-15-11-20(2)12-19(15)13-21(7-8-24-14-19)18(22)10-16-5-4-6-17(9-16)23-3/h4-6,9,15H,7-8,10-14H2,1-3H3/t15-,19+/m1/s1. The van der Waals surface area contributed by atoms with Gasteiger partial charge in [-0.1, -0.05) is 19.1 Å². The fraction of sp³-hybridized carbons (Fsp3) is 0.632. The fourth-order valence-corrected chi connectivity index (χ4v) is 4.05. The van der Waals surface area contributed by atoms with Crippen LogP contribution in [-0.4, -0.2) is 69.3 Å². The molecule has 0 aromatic heterocycles. The van der Waals surface area contributed by atoms with Gasteiger partial charge in [0.2, 0.25) is 5.91 Å². The van der Waals surface area contributed by atoms with E-state index in [0.29, 0.717) is 25.5 Å². The third-order valence-corrected chi connectivity index (χ3v) is 5.46. The summed E-state index contributed by atoms with van der Waals surface area (Å²) in [6.45, 7) is 7.20. The van der Waals surface area contributed by atoms with Crippen molar-refractivity contribution < 1.29 is 14.3 Å². The number of carbonyl (C=O) groups excluding carboxylic acids is 1. The number of rotatable bonds is 3. The van der Waals surface area contributed by atoms with E-state index in [1.54, 1.807) is 7.11 Å². The number of amides is 1. The third kappa shape index (κ3) is 3.57. The van der Waals surface area contributed by atoms with E-state index in [2.05, 4.69) is 18.9 Å². The van der Waals surface area contributed by atoms with Crippen LogP contribution in [0.2, 0.25) is 0 Å². The third-order valence-electron chi connectivity index (χ3n) is 5.46. The van der Waals surface area contributed by atoms with E-state index in [4.69, 9.17) is 9.47 Å². The van der Waals surface area contributed by atoms with Gasteiger partial charge in [0.1, 0.15) is 5.75 Å². The van der Waals surface area contributed by atoms with Gasteiger partial charge in [0.05, 0.1) is 26.7 Å². The normalized spacial score (nSPS) is 28.1. The summed E-state index contributed by atoms with van der Waals surface area (Å²) in [6.07, 6.45) is 0.414. The van der Waals surface area contributed by atoms with E-state index < -0.39 is 0 Å². The highest BCUT2D eigenvalue weighted by molar-refractivity contribution is 5.79. The second kappa shape index (κ2) is 7.11. The molecule has 0 saturated carbocycles. The summed E-state index contributed by atoms with van der Waals surface area (Å²) in [6, 6.07) is 7.76. The maximum Gasteiger partial charge on any atom is 0.227 e. The maximum absolute atomic E-state index is 12.9. The Kier molecular flexibility index (Phi) is 5.11. The lowest BCUT2D eigenvalue weighted by atomic mass is 9.79. The number of likely N-dealkylation sites (tertiary alicyclic amines) is 1. The van der Waals surface area contributed by atoms with Crippen molar-refractivity contribution >= 4 is 5.91 Å². The Labute approximate surface area is 144 Å². The molecule has 2 atom stereocenters. The number of hydrogen-bond acceptors (Lipinski definition) is 4. The van der Waals surface area contributed by atoms with Crippen LogP contribution in [0.4, 0.5) is 0 Å². The minimum Gasteiger partial charge on any atom is -0.497 e. The zero-order valence-corrected chi connectivity index (χ0v) is 15.0. The molecule has 0 unspecified atom stereocenters. The molecule has 2 aliphatic heterocycles. The lowest BCUT2D eigenvalue weighted by molar-refractivity contribution is -0.131. The lowest BCUT2D eigenvalue weighted by Gasteiger charge is -2.35. The molecular weight excluding hydrogens is 304 g/mol.